The van der Waals surface area contributed by atoms with Gasteiger partial charge in [0, 0.05) is 0 Å². The van der Waals surface area contributed by atoms with Crippen LogP contribution in [-0.2, 0) is 4.74 Å². The van der Waals surface area contributed by atoms with Crippen LogP contribution in [0.3, 0.4) is 0 Å². The summed E-state index contributed by atoms with van der Waals surface area (Å²) in [6, 6.07) is 7.24. The van der Waals surface area contributed by atoms with E-state index in [2.05, 4.69) is 0 Å². The highest BCUT2D eigenvalue weighted by molar-refractivity contribution is 5.92. The number of benzene rings is 1. The molecule has 0 N–H and O–H groups in total. The maximum Gasteiger partial charge on any atom is 0.342 e. The molecule has 1 saturated carbocycles. The summed E-state index contributed by atoms with van der Waals surface area (Å²) >= 11 is 0. The Labute approximate surface area is 102 Å². The molecule has 0 radical (unpaired) electrons. The van der Waals surface area contributed by atoms with Crippen molar-refractivity contribution in [3.05, 3.63) is 29.8 Å². The van der Waals surface area contributed by atoms with E-state index in [9.17, 15) is 4.79 Å². The summed E-state index contributed by atoms with van der Waals surface area (Å²) in [6.07, 6.45) is 4.39. The number of carbonyl (C=O) groups excluding carboxylic acids is 1. The van der Waals surface area contributed by atoms with Crippen LogP contribution in [0.15, 0.2) is 24.3 Å². The molecule has 1 fully saturated rings. The first-order valence-electron chi connectivity index (χ1n) is 6.24. The van der Waals surface area contributed by atoms with Crippen LogP contribution < -0.4 is 4.74 Å². The second-order valence-electron chi connectivity index (χ2n) is 4.24. The lowest BCUT2D eigenvalue weighted by molar-refractivity contribution is 0.0314. The molecule has 0 atom stereocenters. The SMILES string of the molecule is CCOc1ccccc1C(=O)OC1CCCC1. The molecule has 0 amide bonds. The Balaban J connectivity index is 2.06. The molecule has 92 valence electrons. The highest BCUT2D eigenvalue weighted by Crippen LogP contribution is 2.24. The molecule has 17 heavy (non-hydrogen) atoms. The van der Waals surface area contributed by atoms with Crippen LogP contribution in [0.5, 0.6) is 5.75 Å². The molecule has 1 aliphatic rings. The third kappa shape index (κ3) is 2.99. The molecule has 1 aromatic rings. The van der Waals surface area contributed by atoms with Crippen LogP contribution in [0.4, 0.5) is 0 Å². The minimum Gasteiger partial charge on any atom is -0.493 e. The number of hydrogen-bond donors (Lipinski definition) is 0. The van der Waals surface area contributed by atoms with Crippen molar-refractivity contribution in [2.45, 2.75) is 38.7 Å². The van der Waals surface area contributed by atoms with Crippen molar-refractivity contribution in [3.8, 4) is 5.75 Å². The Bertz CT molecular complexity index is 381. The highest BCUT2D eigenvalue weighted by atomic mass is 16.5. The normalized spacial score (nSPS) is 15.8. The van der Waals surface area contributed by atoms with Gasteiger partial charge >= 0.3 is 5.97 Å². The minimum atomic E-state index is -0.263. The average Bonchev–Trinajstić information content (AvgIpc) is 2.83. The van der Waals surface area contributed by atoms with Crippen molar-refractivity contribution in [3.63, 3.8) is 0 Å². The van der Waals surface area contributed by atoms with Gasteiger partial charge in [0.2, 0.25) is 0 Å². The van der Waals surface area contributed by atoms with Crippen LogP contribution in [-0.4, -0.2) is 18.7 Å². The zero-order chi connectivity index (χ0) is 12.1. The first kappa shape index (κ1) is 12.0. The van der Waals surface area contributed by atoms with E-state index >= 15 is 0 Å². The molecule has 0 bridgehead atoms. The van der Waals surface area contributed by atoms with Crippen LogP contribution in [0.2, 0.25) is 0 Å². The fourth-order valence-corrected chi connectivity index (χ4v) is 2.14. The Morgan fingerprint density at radius 3 is 2.71 bits per heavy atom. The summed E-state index contributed by atoms with van der Waals surface area (Å²) in [6.45, 7) is 2.45. The number of ether oxygens (including phenoxy) is 2. The predicted octanol–water partition coefficient (Wildman–Crippen LogP) is 3.18. The third-order valence-corrected chi connectivity index (χ3v) is 2.98. The highest BCUT2D eigenvalue weighted by Gasteiger charge is 2.21. The Kier molecular flexibility index (Phi) is 4.02. The standard InChI is InChI=1S/C14H18O3/c1-2-16-13-10-6-5-9-12(13)14(15)17-11-7-3-4-8-11/h5-6,9-11H,2-4,7-8H2,1H3. The molecule has 1 aliphatic carbocycles. The summed E-state index contributed by atoms with van der Waals surface area (Å²) in [7, 11) is 0. The maximum absolute atomic E-state index is 12.0. The summed E-state index contributed by atoms with van der Waals surface area (Å²) in [5.74, 6) is 0.346. The van der Waals surface area contributed by atoms with Crippen molar-refractivity contribution < 1.29 is 14.3 Å². The van der Waals surface area contributed by atoms with Crippen molar-refractivity contribution in [1.29, 1.82) is 0 Å². The fourth-order valence-electron chi connectivity index (χ4n) is 2.14. The van der Waals surface area contributed by atoms with Crippen LogP contribution in [0, 0.1) is 0 Å². The second kappa shape index (κ2) is 5.71. The Hall–Kier alpha value is -1.51. The molecule has 0 spiro atoms. The van der Waals surface area contributed by atoms with Crippen molar-refractivity contribution >= 4 is 5.97 Å². The Morgan fingerprint density at radius 1 is 1.29 bits per heavy atom. The van der Waals surface area contributed by atoms with Gasteiger partial charge in [-0.15, -0.1) is 0 Å². The molecule has 1 aromatic carbocycles. The third-order valence-electron chi connectivity index (χ3n) is 2.98. The number of rotatable bonds is 4. The first-order chi connectivity index (χ1) is 8.31. The van der Waals surface area contributed by atoms with Gasteiger partial charge in [-0.1, -0.05) is 12.1 Å². The van der Waals surface area contributed by atoms with Gasteiger partial charge in [0.1, 0.15) is 17.4 Å². The Morgan fingerprint density at radius 2 is 2.00 bits per heavy atom. The largest absolute Gasteiger partial charge is 0.493 e. The van der Waals surface area contributed by atoms with Gasteiger partial charge in [0.15, 0.2) is 0 Å². The van der Waals surface area contributed by atoms with E-state index in [1.165, 1.54) is 0 Å². The second-order valence-corrected chi connectivity index (χ2v) is 4.24. The van der Waals surface area contributed by atoms with Crippen LogP contribution >= 0.6 is 0 Å². The number of hydrogen-bond acceptors (Lipinski definition) is 3. The molecule has 0 aliphatic heterocycles. The molecule has 0 saturated heterocycles. The smallest absolute Gasteiger partial charge is 0.342 e. The number of para-hydroxylation sites is 1. The molecule has 0 aromatic heterocycles. The molecular weight excluding hydrogens is 216 g/mol. The quantitative estimate of drug-likeness (QED) is 0.750. The summed E-state index contributed by atoms with van der Waals surface area (Å²) in [5.41, 5.74) is 0.529. The molecule has 2 rings (SSSR count). The van der Waals surface area contributed by atoms with Gasteiger partial charge in [-0.25, -0.2) is 4.79 Å². The van der Waals surface area contributed by atoms with E-state index in [4.69, 9.17) is 9.47 Å². The number of carbonyl (C=O) groups is 1. The molecule has 0 heterocycles. The predicted molar refractivity (Wildman–Crippen MR) is 65.3 cm³/mol. The van der Waals surface area contributed by atoms with Gasteiger partial charge in [0.25, 0.3) is 0 Å². The lowest BCUT2D eigenvalue weighted by Gasteiger charge is -2.13. The topological polar surface area (TPSA) is 35.5 Å². The van der Waals surface area contributed by atoms with Crippen LogP contribution in [0.25, 0.3) is 0 Å². The monoisotopic (exact) mass is 234 g/mol. The van der Waals surface area contributed by atoms with Gasteiger partial charge in [-0.05, 0) is 44.7 Å². The van der Waals surface area contributed by atoms with E-state index in [1.807, 2.05) is 19.1 Å². The first-order valence-corrected chi connectivity index (χ1v) is 6.24. The van der Waals surface area contributed by atoms with E-state index in [1.54, 1.807) is 12.1 Å². The maximum atomic E-state index is 12.0. The zero-order valence-corrected chi connectivity index (χ0v) is 10.1. The molecule has 0 unspecified atom stereocenters. The average molecular weight is 234 g/mol. The zero-order valence-electron chi connectivity index (χ0n) is 10.1. The summed E-state index contributed by atoms with van der Waals surface area (Å²) in [4.78, 5) is 12.0. The van der Waals surface area contributed by atoms with E-state index in [-0.39, 0.29) is 12.1 Å². The molecule has 3 nitrogen and oxygen atoms in total. The summed E-state index contributed by atoms with van der Waals surface area (Å²) in [5, 5.41) is 0. The fraction of sp³-hybridized carbons (Fsp3) is 0.500. The van der Waals surface area contributed by atoms with E-state index < -0.39 is 0 Å². The lowest BCUT2D eigenvalue weighted by atomic mass is 10.2. The van der Waals surface area contributed by atoms with Gasteiger partial charge < -0.3 is 9.47 Å². The number of esters is 1. The van der Waals surface area contributed by atoms with E-state index in [0.29, 0.717) is 17.9 Å². The van der Waals surface area contributed by atoms with Crippen molar-refractivity contribution in [2.24, 2.45) is 0 Å². The van der Waals surface area contributed by atoms with Crippen molar-refractivity contribution in [1.82, 2.24) is 0 Å². The van der Waals surface area contributed by atoms with Crippen LogP contribution in [0.1, 0.15) is 43.0 Å². The molecule has 3 heteroatoms. The van der Waals surface area contributed by atoms with Gasteiger partial charge in [-0.2, -0.15) is 0 Å². The van der Waals surface area contributed by atoms with Gasteiger partial charge in [0.05, 0.1) is 6.61 Å². The summed E-state index contributed by atoms with van der Waals surface area (Å²) < 4.78 is 10.9. The lowest BCUT2D eigenvalue weighted by Crippen LogP contribution is -2.15. The van der Waals surface area contributed by atoms with E-state index in [0.717, 1.165) is 25.7 Å². The molecular formula is C14H18O3. The van der Waals surface area contributed by atoms with Gasteiger partial charge in [-0.3, -0.25) is 0 Å². The van der Waals surface area contributed by atoms with Crippen molar-refractivity contribution in [2.75, 3.05) is 6.61 Å². The minimum absolute atomic E-state index is 0.0946.